The van der Waals surface area contributed by atoms with E-state index >= 15 is 0 Å². The minimum absolute atomic E-state index is 0.0312. The molecule has 2 aromatic rings. The minimum Gasteiger partial charge on any atom is -0.372 e. The van der Waals surface area contributed by atoms with Gasteiger partial charge in [-0.2, -0.15) is 0 Å². The predicted molar refractivity (Wildman–Crippen MR) is 82.1 cm³/mol. The molecule has 0 bridgehead atoms. The van der Waals surface area contributed by atoms with Crippen LogP contribution >= 0.6 is 0 Å². The Kier molecular flexibility index (Phi) is 3.18. The molecule has 1 aliphatic rings. The quantitative estimate of drug-likeness (QED) is 0.876. The summed E-state index contributed by atoms with van der Waals surface area (Å²) in [6, 6.07) is 13.9. The predicted octanol–water partition coefficient (Wildman–Crippen LogP) is 3.28. The number of benzene rings is 2. The van der Waals surface area contributed by atoms with Crippen LogP contribution in [0.2, 0.25) is 0 Å². The summed E-state index contributed by atoms with van der Waals surface area (Å²) in [5.74, 6) is 0.0312. The molecule has 3 nitrogen and oxygen atoms in total. The molecule has 3 heteroatoms. The highest BCUT2D eigenvalue weighted by atomic mass is 16.2. The van der Waals surface area contributed by atoms with Crippen LogP contribution in [0.4, 0.5) is 11.4 Å². The third-order valence-electron chi connectivity index (χ3n) is 3.75. The molecule has 0 aromatic heterocycles. The Morgan fingerprint density at radius 3 is 2.55 bits per heavy atom. The van der Waals surface area contributed by atoms with Crippen molar-refractivity contribution in [3.63, 3.8) is 0 Å². The summed E-state index contributed by atoms with van der Waals surface area (Å²) < 4.78 is 0. The van der Waals surface area contributed by atoms with Gasteiger partial charge in [0.25, 0.3) is 0 Å². The second kappa shape index (κ2) is 5.00. The van der Waals surface area contributed by atoms with E-state index in [-0.39, 0.29) is 11.9 Å². The Hall–Kier alpha value is -2.29. The highest BCUT2D eigenvalue weighted by Gasteiger charge is 2.25. The number of nitrogens with one attached hydrogen (secondary N) is 2. The zero-order chi connectivity index (χ0) is 14.1. The van der Waals surface area contributed by atoms with Gasteiger partial charge in [-0.15, -0.1) is 0 Å². The van der Waals surface area contributed by atoms with Gasteiger partial charge in [-0.25, -0.2) is 0 Å². The summed E-state index contributed by atoms with van der Waals surface area (Å²) in [5.41, 5.74) is 5.54. The molecule has 0 unspecified atom stereocenters. The van der Waals surface area contributed by atoms with E-state index in [1.165, 1.54) is 16.7 Å². The lowest BCUT2D eigenvalue weighted by Crippen LogP contribution is -2.40. The number of para-hydroxylation sites is 2. The molecule has 0 saturated carbocycles. The second-order valence-corrected chi connectivity index (χ2v) is 5.37. The maximum Gasteiger partial charge on any atom is 0.247 e. The van der Waals surface area contributed by atoms with Gasteiger partial charge >= 0.3 is 0 Å². The standard InChI is InChI=1S/C17H18N2O/c1-11-7-8-13(12(2)9-11)10-16-17(20)19-15-6-4-3-5-14(15)18-16/h3-9,16,18H,10H2,1-2H3,(H,19,20)/t16-/m1/s1. The van der Waals surface area contributed by atoms with Crippen molar-refractivity contribution >= 4 is 17.3 Å². The summed E-state index contributed by atoms with van der Waals surface area (Å²) >= 11 is 0. The summed E-state index contributed by atoms with van der Waals surface area (Å²) in [4.78, 5) is 12.2. The molecule has 0 spiro atoms. The normalized spacial score (nSPS) is 17.1. The van der Waals surface area contributed by atoms with Crippen molar-refractivity contribution in [3.05, 3.63) is 59.2 Å². The second-order valence-electron chi connectivity index (χ2n) is 5.37. The SMILES string of the molecule is Cc1ccc(C[C@H]2Nc3ccccc3NC2=O)c(C)c1. The van der Waals surface area contributed by atoms with E-state index in [0.29, 0.717) is 6.42 Å². The molecule has 1 atom stereocenters. The molecular formula is C17H18N2O. The van der Waals surface area contributed by atoms with Gasteiger partial charge < -0.3 is 10.6 Å². The van der Waals surface area contributed by atoms with Crippen molar-refractivity contribution in [1.29, 1.82) is 0 Å². The fourth-order valence-corrected chi connectivity index (χ4v) is 2.63. The van der Waals surface area contributed by atoms with E-state index in [4.69, 9.17) is 0 Å². The van der Waals surface area contributed by atoms with Crippen LogP contribution in [0.1, 0.15) is 16.7 Å². The number of carbonyl (C=O) groups excluding carboxylic acids is 1. The summed E-state index contributed by atoms with van der Waals surface area (Å²) in [5, 5.41) is 6.28. The van der Waals surface area contributed by atoms with Crippen LogP contribution in [-0.2, 0) is 11.2 Å². The molecule has 20 heavy (non-hydrogen) atoms. The maximum atomic E-state index is 12.2. The third kappa shape index (κ3) is 2.39. The van der Waals surface area contributed by atoms with Crippen molar-refractivity contribution in [3.8, 4) is 0 Å². The van der Waals surface area contributed by atoms with E-state index < -0.39 is 0 Å². The Morgan fingerprint density at radius 1 is 1.05 bits per heavy atom. The Bertz CT molecular complexity index is 664. The van der Waals surface area contributed by atoms with E-state index in [1.807, 2.05) is 24.3 Å². The topological polar surface area (TPSA) is 41.1 Å². The van der Waals surface area contributed by atoms with Gasteiger partial charge in [-0.05, 0) is 37.1 Å². The third-order valence-corrected chi connectivity index (χ3v) is 3.75. The lowest BCUT2D eigenvalue weighted by atomic mass is 9.97. The molecule has 0 fully saturated rings. The lowest BCUT2D eigenvalue weighted by Gasteiger charge is -2.27. The van der Waals surface area contributed by atoms with E-state index in [9.17, 15) is 4.79 Å². The van der Waals surface area contributed by atoms with Crippen molar-refractivity contribution < 1.29 is 4.79 Å². The lowest BCUT2D eigenvalue weighted by molar-refractivity contribution is -0.117. The number of anilines is 2. The van der Waals surface area contributed by atoms with Gasteiger partial charge in [0.15, 0.2) is 0 Å². The number of hydrogen-bond donors (Lipinski definition) is 2. The van der Waals surface area contributed by atoms with Crippen LogP contribution < -0.4 is 10.6 Å². The average molecular weight is 266 g/mol. The largest absolute Gasteiger partial charge is 0.372 e. The van der Waals surface area contributed by atoms with Crippen LogP contribution in [0.15, 0.2) is 42.5 Å². The molecule has 0 aliphatic carbocycles. The Labute approximate surface area is 119 Å². The average Bonchev–Trinajstić information content (AvgIpc) is 2.42. The fourth-order valence-electron chi connectivity index (χ4n) is 2.63. The molecular weight excluding hydrogens is 248 g/mol. The van der Waals surface area contributed by atoms with Crippen molar-refractivity contribution in [2.75, 3.05) is 10.6 Å². The Morgan fingerprint density at radius 2 is 1.80 bits per heavy atom. The highest BCUT2D eigenvalue weighted by molar-refractivity contribution is 6.03. The van der Waals surface area contributed by atoms with E-state index in [2.05, 4.69) is 42.7 Å². The first kappa shape index (κ1) is 12.7. The number of rotatable bonds is 2. The van der Waals surface area contributed by atoms with Gasteiger partial charge in [0.05, 0.1) is 11.4 Å². The maximum absolute atomic E-state index is 12.2. The van der Waals surface area contributed by atoms with Crippen LogP contribution in [0.3, 0.4) is 0 Å². The van der Waals surface area contributed by atoms with E-state index in [1.54, 1.807) is 0 Å². The van der Waals surface area contributed by atoms with Crippen LogP contribution in [0.5, 0.6) is 0 Å². The molecule has 1 aliphatic heterocycles. The number of hydrogen-bond acceptors (Lipinski definition) is 2. The van der Waals surface area contributed by atoms with Crippen molar-refractivity contribution in [2.24, 2.45) is 0 Å². The van der Waals surface area contributed by atoms with E-state index in [0.717, 1.165) is 11.4 Å². The van der Waals surface area contributed by atoms with Crippen LogP contribution in [0.25, 0.3) is 0 Å². The van der Waals surface area contributed by atoms with Gasteiger partial charge in [0.1, 0.15) is 6.04 Å². The van der Waals surface area contributed by atoms with Crippen LogP contribution in [-0.4, -0.2) is 11.9 Å². The first-order valence-corrected chi connectivity index (χ1v) is 6.86. The Balaban J connectivity index is 1.83. The monoisotopic (exact) mass is 266 g/mol. The van der Waals surface area contributed by atoms with Crippen LogP contribution in [0, 0.1) is 13.8 Å². The molecule has 2 N–H and O–H groups in total. The zero-order valence-corrected chi connectivity index (χ0v) is 11.7. The van der Waals surface area contributed by atoms with Crippen molar-refractivity contribution in [2.45, 2.75) is 26.3 Å². The van der Waals surface area contributed by atoms with Gasteiger partial charge in [-0.1, -0.05) is 35.9 Å². The number of aryl methyl sites for hydroxylation is 2. The van der Waals surface area contributed by atoms with Crippen molar-refractivity contribution in [1.82, 2.24) is 0 Å². The first-order chi connectivity index (χ1) is 9.63. The van der Waals surface area contributed by atoms with Gasteiger partial charge in [0.2, 0.25) is 5.91 Å². The molecule has 1 amide bonds. The summed E-state index contributed by atoms with van der Waals surface area (Å²) in [6.45, 7) is 4.18. The smallest absolute Gasteiger partial charge is 0.247 e. The number of carbonyl (C=O) groups is 1. The minimum atomic E-state index is -0.216. The first-order valence-electron chi connectivity index (χ1n) is 6.86. The number of amides is 1. The summed E-state index contributed by atoms with van der Waals surface area (Å²) in [7, 11) is 0. The number of fused-ring (bicyclic) bond motifs is 1. The fraction of sp³-hybridized carbons (Fsp3) is 0.235. The van der Waals surface area contributed by atoms with Gasteiger partial charge in [0, 0.05) is 6.42 Å². The molecule has 0 radical (unpaired) electrons. The molecule has 102 valence electrons. The molecule has 1 heterocycles. The summed E-state index contributed by atoms with van der Waals surface area (Å²) in [6.07, 6.45) is 0.701. The van der Waals surface area contributed by atoms with Gasteiger partial charge in [-0.3, -0.25) is 4.79 Å². The zero-order valence-electron chi connectivity index (χ0n) is 11.7. The highest BCUT2D eigenvalue weighted by Crippen LogP contribution is 2.27. The molecule has 3 rings (SSSR count). The molecule has 2 aromatic carbocycles. The molecule has 0 saturated heterocycles.